The molecule has 1 heterocycles. The van der Waals surface area contributed by atoms with E-state index in [9.17, 15) is 5.26 Å². The van der Waals surface area contributed by atoms with Gasteiger partial charge in [-0.1, -0.05) is 5.11 Å². The molecule has 2 atom stereocenters. The smallest absolute Gasteiger partial charge is 0.109 e. The molecule has 0 spiro atoms. The second-order valence-corrected chi connectivity index (χ2v) is 4.11. The SMILES string of the molecule is CC(C#N)(NCCCN=[N+]=[N-])C1CCOC1. The molecular formula is C10H17N5O. The summed E-state index contributed by atoms with van der Waals surface area (Å²) >= 11 is 0. The lowest BCUT2D eigenvalue weighted by Gasteiger charge is -2.28. The van der Waals surface area contributed by atoms with E-state index >= 15 is 0 Å². The minimum absolute atomic E-state index is 0.247. The number of rotatable bonds is 6. The van der Waals surface area contributed by atoms with Crippen LogP contribution in [-0.4, -0.2) is 31.8 Å². The van der Waals surface area contributed by atoms with Crippen LogP contribution >= 0.6 is 0 Å². The molecule has 1 fully saturated rings. The standard InChI is InChI=1S/C10H17N5O/c1-10(8-11,9-3-6-16-7-9)13-4-2-5-14-15-12/h9,13H,2-7H2,1H3. The Morgan fingerprint density at radius 1 is 1.75 bits per heavy atom. The summed E-state index contributed by atoms with van der Waals surface area (Å²) in [7, 11) is 0. The fourth-order valence-corrected chi connectivity index (χ4v) is 1.81. The van der Waals surface area contributed by atoms with Gasteiger partial charge in [0.25, 0.3) is 0 Å². The second-order valence-electron chi connectivity index (χ2n) is 4.11. The minimum atomic E-state index is -0.535. The predicted molar refractivity (Wildman–Crippen MR) is 59.6 cm³/mol. The molecule has 0 aromatic heterocycles. The van der Waals surface area contributed by atoms with Gasteiger partial charge in [-0.2, -0.15) is 5.26 Å². The first kappa shape index (κ1) is 12.8. The average Bonchev–Trinajstić information content (AvgIpc) is 2.82. The van der Waals surface area contributed by atoms with Gasteiger partial charge in [-0.25, -0.2) is 0 Å². The first-order chi connectivity index (χ1) is 7.73. The van der Waals surface area contributed by atoms with Crippen LogP contribution in [0, 0.1) is 17.2 Å². The van der Waals surface area contributed by atoms with Crippen LogP contribution in [0.3, 0.4) is 0 Å². The zero-order valence-electron chi connectivity index (χ0n) is 9.52. The summed E-state index contributed by atoms with van der Waals surface area (Å²) in [4.78, 5) is 2.68. The Labute approximate surface area is 95.2 Å². The van der Waals surface area contributed by atoms with Gasteiger partial charge in [-0.3, -0.25) is 5.32 Å². The van der Waals surface area contributed by atoms with Crippen molar-refractivity contribution in [1.82, 2.24) is 5.32 Å². The molecule has 0 saturated carbocycles. The van der Waals surface area contributed by atoms with Crippen molar-refractivity contribution in [3.63, 3.8) is 0 Å². The molecule has 1 aliphatic rings. The first-order valence-electron chi connectivity index (χ1n) is 5.48. The van der Waals surface area contributed by atoms with Crippen LogP contribution in [0.4, 0.5) is 0 Å². The third kappa shape index (κ3) is 3.38. The monoisotopic (exact) mass is 223 g/mol. The number of nitriles is 1. The summed E-state index contributed by atoms with van der Waals surface area (Å²) < 4.78 is 5.29. The molecular weight excluding hydrogens is 206 g/mol. The van der Waals surface area contributed by atoms with Gasteiger partial charge in [-0.05, 0) is 31.8 Å². The fourth-order valence-electron chi connectivity index (χ4n) is 1.81. The van der Waals surface area contributed by atoms with Gasteiger partial charge in [0, 0.05) is 24.0 Å². The van der Waals surface area contributed by atoms with Gasteiger partial charge in [0.05, 0.1) is 12.7 Å². The molecule has 1 rings (SSSR count). The molecule has 16 heavy (non-hydrogen) atoms. The maximum atomic E-state index is 9.20. The lowest BCUT2D eigenvalue weighted by Crippen LogP contribution is -2.48. The Balaban J connectivity index is 2.35. The zero-order valence-corrected chi connectivity index (χ0v) is 9.52. The van der Waals surface area contributed by atoms with E-state index in [0.717, 1.165) is 19.4 Å². The fraction of sp³-hybridized carbons (Fsp3) is 0.900. The summed E-state index contributed by atoms with van der Waals surface area (Å²) in [6.07, 6.45) is 1.67. The van der Waals surface area contributed by atoms with Crippen molar-refractivity contribution in [2.24, 2.45) is 11.0 Å². The molecule has 0 aliphatic carbocycles. The van der Waals surface area contributed by atoms with Crippen molar-refractivity contribution in [1.29, 1.82) is 5.26 Å². The lowest BCUT2D eigenvalue weighted by atomic mass is 9.86. The molecule has 0 amide bonds. The highest BCUT2D eigenvalue weighted by Crippen LogP contribution is 2.25. The minimum Gasteiger partial charge on any atom is -0.381 e. The number of hydrogen-bond donors (Lipinski definition) is 1. The van der Waals surface area contributed by atoms with Crippen molar-refractivity contribution in [2.75, 3.05) is 26.3 Å². The molecule has 2 unspecified atom stereocenters. The van der Waals surface area contributed by atoms with Crippen molar-refractivity contribution in [3.8, 4) is 6.07 Å². The number of azide groups is 1. The lowest BCUT2D eigenvalue weighted by molar-refractivity contribution is 0.168. The highest BCUT2D eigenvalue weighted by atomic mass is 16.5. The van der Waals surface area contributed by atoms with Gasteiger partial charge in [0.2, 0.25) is 0 Å². The van der Waals surface area contributed by atoms with Crippen molar-refractivity contribution >= 4 is 0 Å². The molecule has 0 aromatic carbocycles. The van der Waals surface area contributed by atoms with Gasteiger partial charge in [-0.15, -0.1) is 0 Å². The number of nitrogens with one attached hydrogen (secondary N) is 1. The summed E-state index contributed by atoms with van der Waals surface area (Å²) in [5.41, 5.74) is 7.58. The van der Waals surface area contributed by atoms with Crippen molar-refractivity contribution in [2.45, 2.75) is 25.3 Å². The Kier molecular flexibility index (Phi) is 5.06. The van der Waals surface area contributed by atoms with E-state index in [1.807, 2.05) is 6.92 Å². The maximum Gasteiger partial charge on any atom is 0.109 e. The van der Waals surface area contributed by atoms with Gasteiger partial charge in [0.15, 0.2) is 0 Å². The Morgan fingerprint density at radius 3 is 3.12 bits per heavy atom. The molecule has 1 saturated heterocycles. The largest absolute Gasteiger partial charge is 0.381 e. The molecule has 0 radical (unpaired) electrons. The number of ether oxygens (including phenoxy) is 1. The average molecular weight is 223 g/mol. The highest BCUT2D eigenvalue weighted by Gasteiger charge is 2.36. The van der Waals surface area contributed by atoms with Gasteiger partial charge >= 0.3 is 0 Å². The van der Waals surface area contributed by atoms with Crippen LogP contribution in [0.2, 0.25) is 0 Å². The maximum absolute atomic E-state index is 9.20. The topological polar surface area (TPSA) is 93.8 Å². The third-order valence-electron chi connectivity index (χ3n) is 2.97. The van der Waals surface area contributed by atoms with Crippen LogP contribution in [0.5, 0.6) is 0 Å². The molecule has 0 aromatic rings. The quantitative estimate of drug-likeness (QED) is 0.320. The summed E-state index contributed by atoms with van der Waals surface area (Å²) in [5.74, 6) is 0.247. The summed E-state index contributed by atoms with van der Waals surface area (Å²) in [6.45, 7) is 4.43. The van der Waals surface area contributed by atoms with Crippen molar-refractivity contribution < 1.29 is 4.74 Å². The van der Waals surface area contributed by atoms with E-state index in [0.29, 0.717) is 19.7 Å². The van der Waals surface area contributed by atoms with E-state index in [2.05, 4.69) is 21.4 Å². The van der Waals surface area contributed by atoms with Crippen LogP contribution in [0.1, 0.15) is 19.8 Å². The highest BCUT2D eigenvalue weighted by molar-refractivity contribution is 5.08. The van der Waals surface area contributed by atoms with E-state index in [4.69, 9.17) is 10.3 Å². The molecule has 1 aliphatic heterocycles. The zero-order chi connectivity index (χ0) is 11.9. The molecule has 1 N–H and O–H groups in total. The summed E-state index contributed by atoms with van der Waals surface area (Å²) in [6, 6.07) is 2.32. The Bertz CT molecular complexity index is 301. The molecule has 6 nitrogen and oxygen atoms in total. The molecule has 88 valence electrons. The predicted octanol–water partition coefficient (Wildman–Crippen LogP) is 1.60. The second kappa shape index (κ2) is 6.33. The Hall–Kier alpha value is -1.28. The van der Waals surface area contributed by atoms with Crippen LogP contribution in [0.25, 0.3) is 10.4 Å². The van der Waals surface area contributed by atoms with Gasteiger partial charge < -0.3 is 4.74 Å². The van der Waals surface area contributed by atoms with E-state index in [1.54, 1.807) is 0 Å². The van der Waals surface area contributed by atoms with Gasteiger partial charge in [0.1, 0.15) is 5.54 Å². The third-order valence-corrected chi connectivity index (χ3v) is 2.97. The normalized spacial score (nSPS) is 23.1. The van der Waals surface area contributed by atoms with Crippen LogP contribution in [0.15, 0.2) is 5.11 Å². The van der Waals surface area contributed by atoms with Crippen molar-refractivity contribution in [3.05, 3.63) is 10.4 Å². The van der Waals surface area contributed by atoms with Crippen LogP contribution < -0.4 is 5.32 Å². The number of hydrogen-bond acceptors (Lipinski definition) is 4. The van der Waals surface area contributed by atoms with E-state index in [-0.39, 0.29) is 5.92 Å². The van der Waals surface area contributed by atoms with E-state index < -0.39 is 5.54 Å². The summed E-state index contributed by atoms with van der Waals surface area (Å²) in [5, 5.41) is 15.9. The Morgan fingerprint density at radius 2 is 2.56 bits per heavy atom. The molecule has 6 heteroatoms. The number of nitrogens with zero attached hydrogens (tertiary/aromatic N) is 4. The van der Waals surface area contributed by atoms with E-state index in [1.165, 1.54) is 0 Å². The van der Waals surface area contributed by atoms with Crippen LogP contribution in [-0.2, 0) is 4.74 Å². The molecule has 0 bridgehead atoms. The first-order valence-corrected chi connectivity index (χ1v) is 5.48.